The minimum atomic E-state index is -0.744. The van der Waals surface area contributed by atoms with Crippen LogP contribution in [0.5, 0.6) is 0 Å². The van der Waals surface area contributed by atoms with Gasteiger partial charge in [0.1, 0.15) is 11.6 Å². The first kappa shape index (κ1) is 19.6. The molecule has 30 heavy (non-hydrogen) atoms. The molecular weight excluding hydrogens is 388 g/mol. The maximum absolute atomic E-state index is 14.2. The second-order valence-electron chi connectivity index (χ2n) is 7.39. The fourth-order valence-corrected chi connectivity index (χ4v) is 3.18. The van der Waals surface area contributed by atoms with Gasteiger partial charge in [0.05, 0.1) is 17.0 Å². The Bertz CT molecular complexity index is 1100. The zero-order chi connectivity index (χ0) is 21.4. The summed E-state index contributed by atoms with van der Waals surface area (Å²) in [7, 11) is 1.61. The third-order valence-corrected chi connectivity index (χ3v) is 4.99. The van der Waals surface area contributed by atoms with E-state index in [-0.39, 0.29) is 22.9 Å². The Balaban J connectivity index is 1.74. The number of nitrogens with zero attached hydrogens (tertiary/aromatic N) is 1. The lowest BCUT2D eigenvalue weighted by Crippen LogP contribution is -2.33. The van der Waals surface area contributed by atoms with Crippen LogP contribution in [0.1, 0.15) is 18.4 Å². The van der Waals surface area contributed by atoms with Crippen LogP contribution in [0.4, 0.5) is 25.8 Å². The largest absolute Gasteiger partial charge is 0.399 e. The lowest BCUT2D eigenvalue weighted by atomic mass is 9.92. The number of nitrogen functional groups attached to an aromatic ring is 1. The number of carbonyl (C=O) groups excluding carboxylic acids is 1. The highest BCUT2D eigenvalue weighted by Crippen LogP contribution is 2.34. The predicted octanol–water partition coefficient (Wildman–Crippen LogP) is 3.76. The molecule has 2 aliphatic rings. The standard InChI is InChI=1S/C22H21F2N5O/c1-29-11-17(21(26)16(22(29)30)10-27-14-4-5-14)15-9-13(25)3-7-19(15)28-20-6-2-12(23)8-18(20)24/h2-3,6-11,14,26-28H,4-5,25H2,1H3/b16-10+,26-21?. The Morgan fingerprint density at radius 1 is 1.17 bits per heavy atom. The topological polar surface area (TPSA) is 94.2 Å². The van der Waals surface area contributed by atoms with Gasteiger partial charge in [-0.05, 0) is 43.2 Å². The first-order valence-electron chi connectivity index (χ1n) is 9.50. The summed E-state index contributed by atoms with van der Waals surface area (Å²) >= 11 is 0. The number of anilines is 3. The molecule has 1 saturated carbocycles. The summed E-state index contributed by atoms with van der Waals surface area (Å²) in [5, 5.41) is 14.7. The lowest BCUT2D eigenvalue weighted by Gasteiger charge is -2.26. The Morgan fingerprint density at radius 3 is 2.60 bits per heavy atom. The maximum atomic E-state index is 14.2. The molecule has 1 heterocycles. The Kier molecular flexibility index (Phi) is 4.99. The summed E-state index contributed by atoms with van der Waals surface area (Å²) in [5.74, 6) is -1.71. The summed E-state index contributed by atoms with van der Waals surface area (Å²) < 4.78 is 27.4. The van der Waals surface area contributed by atoms with Crippen molar-refractivity contribution in [3.8, 4) is 0 Å². The highest BCUT2D eigenvalue weighted by Gasteiger charge is 2.30. The number of nitrogens with one attached hydrogen (secondary N) is 3. The van der Waals surface area contributed by atoms with Crippen LogP contribution in [0, 0.1) is 17.0 Å². The van der Waals surface area contributed by atoms with Gasteiger partial charge in [0, 0.05) is 54.1 Å². The van der Waals surface area contributed by atoms with Crippen LogP contribution in [0.2, 0.25) is 0 Å². The number of likely N-dealkylation sites (N-methyl/N-ethyl adjacent to an activating group) is 1. The molecule has 4 rings (SSSR count). The molecule has 5 N–H and O–H groups in total. The van der Waals surface area contributed by atoms with Crippen LogP contribution in [0.25, 0.3) is 5.57 Å². The molecule has 1 amide bonds. The van der Waals surface area contributed by atoms with E-state index in [2.05, 4.69) is 10.6 Å². The van der Waals surface area contributed by atoms with Gasteiger partial charge in [-0.1, -0.05) is 0 Å². The van der Waals surface area contributed by atoms with E-state index >= 15 is 0 Å². The van der Waals surface area contributed by atoms with E-state index < -0.39 is 11.6 Å². The van der Waals surface area contributed by atoms with Crippen molar-refractivity contribution in [1.82, 2.24) is 10.2 Å². The zero-order valence-corrected chi connectivity index (χ0v) is 16.3. The van der Waals surface area contributed by atoms with Crippen LogP contribution >= 0.6 is 0 Å². The Morgan fingerprint density at radius 2 is 1.90 bits per heavy atom. The summed E-state index contributed by atoms with van der Waals surface area (Å²) in [4.78, 5) is 14.0. The zero-order valence-electron chi connectivity index (χ0n) is 16.3. The second kappa shape index (κ2) is 7.62. The van der Waals surface area contributed by atoms with Crippen molar-refractivity contribution in [3.05, 3.63) is 71.6 Å². The second-order valence-corrected chi connectivity index (χ2v) is 7.39. The molecule has 1 fully saturated rings. The smallest absolute Gasteiger partial charge is 0.261 e. The SMILES string of the molecule is CN1C=C(c2cc(N)ccc2Nc2ccc(F)cc2F)C(=N)/C(=C\NC2CC2)C1=O. The molecule has 0 unspecified atom stereocenters. The first-order valence-corrected chi connectivity index (χ1v) is 9.50. The number of nitrogens with two attached hydrogens (primary N) is 1. The average Bonchev–Trinajstić information content (AvgIpc) is 3.52. The minimum absolute atomic E-state index is 0.0412. The minimum Gasteiger partial charge on any atom is -0.399 e. The van der Waals surface area contributed by atoms with Crippen molar-refractivity contribution in [3.63, 3.8) is 0 Å². The van der Waals surface area contributed by atoms with E-state index in [1.807, 2.05) is 0 Å². The number of halogens is 2. The van der Waals surface area contributed by atoms with Crippen molar-refractivity contribution in [2.24, 2.45) is 0 Å². The highest BCUT2D eigenvalue weighted by atomic mass is 19.1. The molecule has 1 aliphatic carbocycles. The van der Waals surface area contributed by atoms with E-state index in [4.69, 9.17) is 11.1 Å². The summed E-state index contributed by atoms with van der Waals surface area (Å²) in [5.41, 5.74) is 8.24. The number of hydrogen-bond donors (Lipinski definition) is 4. The molecule has 6 nitrogen and oxygen atoms in total. The van der Waals surface area contributed by atoms with Gasteiger partial charge in [0.15, 0.2) is 0 Å². The first-order chi connectivity index (χ1) is 14.3. The molecular formula is C22H21F2N5O. The van der Waals surface area contributed by atoms with Crippen molar-refractivity contribution in [2.75, 3.05) is 18.1 Å². The maximum Gasteiger partial charge on any atom is 0.261 e. The third kappa shape index (κ3) is 3.89. The Hall–Kier alpha value is -3.68. The molecule has 2 aromatic carbocycles. The molecule has 0 atom stereocenters. The molecule has 0 spiro atoms. The molecule has 8 heteroatoms. The normalized spacial score (nSPS) is 17.9. The molecule has 0 bridgehead atoms. The number of rotatable bonds is 5. The molecule has 0 radical (unpaired) electrons. The quantitative estimate of drug-likeness (QED) is 0.447. The van der Waals surface area contributed by atoms with Crippen molar-refractivity contribution >= 4 is 34.3 Å². The summed E-state index contributed by atoms with van der Waals surface area (Å²) in [6, 6.07) is 8.53. The van der Waals surface area contributed by atoms with Crippen molar-refractivity contribution < 1.29 is 13.6 Å². The fourth-order valence-electron chi connectivity index (χ4n) is 3.18. The number of carbonyl (C=O) groups is 1. The van der Waals surface area contributed by atoms with Crippen LogP contribution < -0.4 is 16.4 Å². The Labute approximate surface area is 172 Å². The molecule has 2 aromatic rings. The number of hydrogen-bond acceptors (Lipinski definition) is 5. The van der Waals surface area contributed by atoms with Gasteiger partial charge in [0.25, 0.3) is 5.91 Å². The lowest BCUT2D eigenvalue weighted by molar-refractivity contribution is -0.123. The van der Waals surface area contributed by atoms with Gasteiger partial charge in [-0.25, -0.2) is 8.78 Å². The van der Waals surface area contributed by atoms with Crippen molar-refractivity contribution in [2.45, 2.75) is 18.9 Å². The van der Waals surface area contributed by atoms with E-state index in [0.29, 0.717) is 28.6 Å². The van der Waals surface area contributed by atoms with Gasteiger partial charge in [0.2, 0.25) is 0 Å². The van der Waals surface area contributed by atoms with Gasteiger partial charge < -0.3 is 21.3 Å². The van der Waals surface area contributed by atoms with E-state index in [1.54, 1.807) is 37.6 Å². The molecule has 0 saturated heterocycles. The van der Waals surface area contributed by atoms with Crippen LogP contribution in [-0.4, -0.2) is 29.6 Å². The van der Waals surface area contributed by atoms with E-state index in [9.17, 15) is 13.6 Å². The van der Waals surface area contributed by atoms with Gasteiger partial charge in [-0.3, -0.25) is 10.2 Å². The van der Waals surface area contributed by atoms with Crippen LogP contribution in [0.3, 0.4) is 0 Å². The predicted molar refractivity (Wildman–Crippen MR) is 113 cm³/mol. The van der Waals surface area contributed by atoms with Gasteiger partial charge >= 0.3 is 0 Å². The van der Waals surface area contributed by atoms with Crippen molar-refractivity contribution in [1.29, 1.82) is 5.41 Å². The molecule has 154 valence electrons. The third-order valence-electron chi connectivity index (χ3n) is 4.99. The highest BCUT2D eigenvalue weighted by molar-refractivity contribution is 6.41. The van der Waals surface area contributed by atoms with Gasteiger partial charge in [-0.2, -0.15) is 0 Å². The van der Waals surface area contributed by atoms with Gasteiger partial charge in [-0.15, -0.1) is 0 Å². The van der Waals surface area contributed by atoms with E-state index in [0.717, 1.165) is 25.0 Å². The summed E-state index contributed by atoms with van der Waals surface area (Å²) in [6.45, 7) is 0. The fraction of sp³-hybridized carbons (Fsp3) is 0.182. The van der Waals surface area contributed by atoms with Crippen LogP contribution in [-0.2, 0) is 4.79 Å². The molecule has 1 aliphatic heterocycles. The number of benzene rings is 2. The monoisotopic (exact) mass is 409 g/mol. The van der Waals surface area contributed by atoms with Crippen LogP contribution in [0.15, 0.2) is 54.4 Å². The summed E-state index contributed by atoms with van der Waals surface area (Å²) in [6.07, 6.45) is 5.22. The number of amides is 1. The molecule has 0 aromatic heterocycles. The average molecular weight is 409 g/mol. The van der Waals surface area contributed by atoms with E-state index in [1.165, 1.54) is 11.0 Å². The number of allylic oxidation sites excluding steroid dienone is 1.